The second kappa shape index (κ2) is 6.38. The maximum absolute atomic E-state index is 12.2. The molecule has 2 aromatic rings. The number of hydrogen-bond donors (Lipinski definition) is 2. The van der Waals surface area contributed by atoms with Gasteiger partial charge in [-0.05, 0) is 17.7 Å². The summed E-state index contributed by atoms with van der Waals surface area (Å²) in [5, 5.41) is 9.36. The first kappa shape index (κ1) is 15.7. The summed E-state index contributed by atoms with van der Waals surface area (Å²) in [7, 11) is -3.79. The molecule has 1 aromatic carbocycles. The smallest absolute Gasteiger partial charge is 0.242 e. The quantitative estimate of drug-likeness (QED) is 0.865. The number of sulfonamides is 1. The topological polar surface area (TPSA) is 79.3 Å². The van der Waals surface area contributed by atoms with E-state index in [0.29, 0.717) is 5.56 Å². The predicted octanol–water partition coefficient (Wildman–Crippen LogP) is 2.42. The second-order valence-corrected chi connectivity index (χ2v) is 7.35. The van der Waals surface area contributed by atoms with E-state index < -0.39 is 10.0 Å². The van der Waals surface area contributed by atoms with Gasteiger partial charge in [-0.1, -0.05) is 23.2 Å². The maximum atomic E-state index is 12.2. The van der Waals surface area contributed by atoms with Crippen molar-refractivity contribution in [2.45, 2.75) is 18.0 Å². The van der Waals surface area contributed by atoms with Gasteiger partial charge in [-0.2, -0.15) is 0 Å². The van der Waals surface area contributed by atoms with Gasteiger partial charge in [0.15, 0.2) is 0 Å². The molecule has 0 spiro atoms. The van der Waals surface area contributed by atoms with E-state index in [0.717, 1.165) is 4.88 Å². The van der Waals surface area contributed by atoms with E-state index in [-0.39, 0.29) is 28.1 Å². The van der Waals surface area contributed by atoms with Crippen molar-refractivity contribution < 1.29 is 13.5 Å². The minimum Gasteiger partial charge on any atom is -0.392 e. The molecule has 2 N–H and O–H groups in total. The number of thiazole rings is 1. The highest BCUT2D eigenvalue weighted by Gasteiger charge is 2.20. The van der Waals surface area contributed by atoms with E-state index >= 15 is 0 Å². The Hall–Kier alpha value is -0.700. The van der Waals surface area contributed by atoms with Crippen LogP contribution in [0, 0.1) is 0 Å². The summed E-state index contributed by atoms with van der Waals surface area (Å²) in [4.78, 5) is 4.52. The third-order valence-corrected chi connectivity index (χ3v) is 5.48. The summed E-state index contributed by atoms with van der Waals surface area (Å²) in [5.41, 5.74) is 1.91. The zero-order valence-electron chi connectivity index (χ0n) is 10.0. The van der Waals surface area contributed by atoms with E-state index in [4.69, 9.17) is 28.3 Å². The molecule has 0 amide bonds. The number of hydrogen-bond acceptors (Lipinski definition) is 5. The van der Waals surface area contributed by atoms with Gasteiger partial charge in [-0.15, -0.1) is 11.3 Å². The molecule has 0 unspecified atom stereocenters. The van der Waals surface area contributed by atoms with E-state index in [1.54, 1.807) is 11.7 Å². The van der Waals surface area contributed by atoms with Gasteiger partial charge < -0.3 is 5.11 Å². The largest absolute Gasteiger partial charge is 0.392 e. The third kappa shape index (κ3) is 3.49. The van der Waals surface area contributed by atoms with Gasteiger partial charge in [0.2, 0.25) is 10.0 Å². The maximum Gasteiger partial charge on any atom is 0.242 e. The fourth-order valence-electron chi connectivity index (χ4n) is 1.47. The number of aromatic nitrogens is 1. The first-order valence-corrected chi connectivity index (χ1v) is 8.51. The van der Waals surface area contributed by atoms with Gasteiger partial charge in [0.1, 0.15) is 4.90 Å². The van der Waals surface area contributed by atoms with Crippen LogP contribution in [0.25, 0.3) is 0 Å². The summed E-state index contributed by atoms with van der Waals surface area (Å²) in [6, 6.07) is 2.57. The molecular weight excluding hydrogens is 343 g/mol. The lowest BCUT2D eigenvalue weighted by Crippen LogP contribution is -2.23. The first-order valence-electron chi connectivity index (χ1n) is 5.40. The molecule has 1 aromatic heterocycles. The van der Waals surface area contributed by atoms with E-state index in [9.17, 15) is 8.42 Å². The average molecular weight is 353 g/mol. The predicted molar refractivity (Wildman–Crippen MR) is 78.5 cm³/mol. The van der Waals surface area contributed by atoms with Crippen molar-refractivity contribution >= 4 is 44.6 Å². The number of aliphatic hydroxyl groups is 1. The highest BCUT2D eigenvalue weighted by atomic mass is 35.5. The molecule has 0 atom stereocenters. The van der Waals surface area contributed by atoms with Crippen LogP contribution in [0.5, 0.6) is 0 Å². The molecular formula is C11H10Cl2N2O3S2. The Labute approximate surface area is 130 Å². The molecule has 2 rings (SSSR count). The standard InChI is InChI=1S/C11H10Cl2N2O3S2/c12-9-2-10(13)11(1-7(9)5-16)20(17,18)15-4-8-3-14-6-19-8/h1-3,6,15-16H,4-5H2. The second-order valence-electron chi connectivity index (χ2n) is 3.82. The molecule has 0 saturated heterocycles. The summed E-state index contributed by atoms with van der Waals surface area (Å²) < 4.78 is 26.8. The molecule has 108 valence electrons. The number of benzene rings is 1. The van der Waals surface area contributed by atoms with Crippen LogP contribution in [0.15, 0.2) is 28.7 Å². The first-order chi connectivity index (χ1) is 9.44. The van der Waals surface area contributed by atoms with Crippen LogP contribution >= 0.6 is 34.5 Å². The summed E-state index contributed by atoms with van der Waals surface area (Å²) in [6.45, 7) is -0.242. The number of rotatable bonds is 5. The number of aliphatic hydroxyl groups excluding tert-OH is 1. The minimum atomic E-state index is -3.79. The van der Waals surface area contributed by atoms with Gasteiger partial charge in [0, 0.05) is 22.6 Å². The Morgan fingerprint density at radius 1 is 1.30 bits per heavy atom. The Morgan fingerprint density at radius 3 is 2.65 bits per heavy atom. The number of halogens is 2. The van der Waals surface area contributed by atoms with Crippen molar-refractivity contribution in [3.8, 4) is 0 Å². The Kier molecular flexibility index (Phi) is 5.00. The van der Waals surface area contributed by atoms with Crippen molar-refractivity contribution in [2.75, 3.05) is 0 Å². The summed E-state index contributed by atoms with van der Waals surface area (Å²) in [6.07, 6.45) is 1.58. The van der Waals surface area contributed by atoms with E-state index in [1.807, 2.05) is 0 Å². The van der Waals surface area contributed by atoms with Crippen LogP contribution in [0.3, 0.4) is 0 Å². The molecule has 0 aliphatic heterocycles. The molecule has 0 saturated carbocycles. The minimum absolute atomic E-state index is 0.00371. The van der Waals surface area contributed by atoms with Crippen molar-refractivity contribution in [3.05, 3.63) is 44.3 Å². The highest BCUT2D eigenvalue weighted by molar-refractivity contribution is 7.89. The number of nitrogens with zero attached hydrogens (tertiary/aromatic N) is 1. The molecule has 20 heavy (non-hydrogen) atoms. The highest BCUT2D eigenvalue weighted by Crippen LogP contribution is 2.28. The lowest BCUT2D eigenvalue weighted by atomic mass is 10.2. The molecule has 0 fully saturated rings. The van der Waals surface area contributed by atoms with Crippen LogP contribution in [0.2, 0.25) is 10.0 Å². The zero-order chi connectivity index (χ0) is 14.8. The van der Waals surface area contributed by atoms with Gasteiger partial charge in [-0.25, -0.2) is 13.1 Å². The molecule has 0 aliphatic carbocycles. The zero-order valence-corrected chi connectivity index (χ0v) is 13.2. The van der Waals surface area contributed by atoms with Crippen molar-refractivity contribution in [2.24, 2.45) is 0 Å². The fraction of sp³-hybridized carbons (Fsp3) is 0.182. The summed E-state index contributed by atoms with van der Waals surface area (Å²) >= 11 is 13.1. The third-order valence-electron chi connectivity index (χ3n) is 2.48. The van der Waals surface area contributed by atoms with Crippen molar-refractivity contribution in [1.29, 1.82) is 0 Å². The van der Waals surface area contributed by atoms with Gasteiger partial charge in [0.05, 0.1) is 17.1 Å². The molecule has 0 aliphatic rings. The van der Waals surface area contributed by atoms with E-state index in [2.05, 4.69) is 9.71 Å². The Bertz CT molecular complexity index is 703. The van der Waals surface area contributed by atoms with Crippen molar-refractivity contribution in [3.63, 3.8) is 0 Å². The molecule has 9 heteroatoms. The lowest BCUT2D eigenvalue weighted by molar-refractivity contribution is 0.281. The molecule has 0 bridgehead atoms. The Morgan fingerprint density at radius 2 is 2.05 bits per heavy atom. The monoisotopic (exact) mass is 352 g/mol. The van der Waals surface area contributed by atoms with Crippen LogP contribution in [0.1, 0.15) is 10.4 Å². The van der Waals surface area contributed by atoms with Gasteiger partial charge in [-0.3, -0.25) is 4.98 Å². The normalized spacial score (nSPS) is 11.8. The number of nitrogens with one attached hydrogen (secondary N) is 1. The molecule has 0 radical (unpaired) electrons. The molecule has 5 nitrogen and oxygen atoms in total. The van der Waals surface area contributed by atoms with E-state index in [1.165, 1.54) is 23.5 Å². The van der Waals surface area contributed by atoms with Crippen molar-refractivity contribution in [1.82, 2.24) is 9.71 Å². The summed E-state index contributed by atoms with van der Waals surface area (Å²) in [5.74, 6) is 0. The average Bonchev–Trinajstić information content (AvgIpc) is 2.89. The molecule has 1 heterocycles. The SMILES string of the molecule is O=S(=O)(NCc1cncs1)c1cc(CO)c(Cl)cc1Cl. The van der Waals surface area contributed by atoms with Crippen LogP contribution < -0.4 is 4.72 Å². The fourth-order valence-corrected chi connectivity index (χ4v) is 3.96. The van der Waals surface area contributed by atoms with Gasteiger partial charge >= 0.3 is 0 Å². The van der Waals surface area contributed by atoms with Crippen LogP contribution in [0.4, 0.5) is 0 Å². The van der Waals surface area contributed by atoms with Crippen LogP contribution in [-0.2, 0) is 23.2 Å². The lowest BCUT2D eigenvalue weighted by Gasteiger charge is -2.10. The van der Waals surface area contributed by atoms with Gasteiger partial charge in [0.25, 0.3) is 0 Å². The Balaban J connectivity index is 2.29. The van der Waals surface area contributed by atoms with Crippen LogP contribution in [-0.4, -0.2) is 18.5 Å².